The first-order valence-electron chi connectivity index (χ1n) is 7.52. The molecule has 3 aliphatic heterocycles. The summed E-state index contributed by atoms with van der Waals surface area (Å²) in [6.45, 7) is 8.31. The van der Waals surface area contributed by atoms with Gasteiger partial charge < -0.3 is 19.3 Å². The van der Waals surface area contributed by atoms with E-state index in [-0.39, 0.29) is 34.2 Å². The highest BCUT2D eigenvalue weighted by molar-refractivity contribution is 9.09. The Morgan fingerprint density at radius 3 is 2.50 bits per heavy atom. The molecule has 4 aliphatic rings. The molecule has 4 rings (SSSR count). The number of aliphatic hydroxyl groups is 1. The second-order valence-corrected chi connectivity index (χ2v) is 8.98. The van der Waals surface area contributed by atoms with Crippen molar-refractivity contribution in [3.63, 3.8) is 0 Å². The van der Waals surface area contributed by atoms with Gasteiger partial charge in [0, 0.05) is 23.6 Å². The molecule has 0 radical (unpaired) electrons. The molecule has 3 saturated heterocycles. The fraction of sp³-hybridized carbons (Fsp3) is 1.00. The Balaban J connectivity index is 1.85. The lowest BCUT2D eigenvalue weighted by molar-refractivity contribution is -0.372. The van der Waals surface area contributed by atoms with E-state index in [2.05, 4.69) is 43.6 Å². The zero-order chi connectivity index (χ0) is 14.6. The number of hydrogen-bond acceptors (Lipinski definition) is 4. The van der Waals surface area contributed by atoms with Crippen LogP contribution in [0.15, 0.2) is 0 Å². The standard InChI is InChI=1S/C15H23BrO4/c1-12(2)10(16)7-15-14(4,19-12)8-5-11(18-15)13(3,20-15)6-9(8)17/h8-11,17H,5-7H2,1-4H3/t8-,9-,10?,11+,13-,14?,15+/m0/s1. The number of alkyl halides is 1. The number of hydrogen-bond donors (Lipinski definition) is 1. The first-order valence-corrected chi connectivity index (χ1v) is 8.44. The lowest BCUT2D eigenvalue weighted by Gasteiger charge is -2.60. The van der Waals surface area contributed by atoms with E-state index in [0.29, 0.717) is 6.42 Å². The molecule has 2 unspecified atom stereocenters. The molecule has 114 valence electrons. The van der Waals surface area contributed by atoms with Crippen LogP contribution in [0.2, 0.25) is 0 Å². The Morgan fingerprint density at radius 2 is 1.80 bits per heavy atom. The summed E-state index contributed by atoms with van der Waals surface area (Å²) < 4.78 is 19.3. The summed E-state index contributed by atoms with van der Waals surface area (Å²) in [4.78, 5) is 0.167. The molecule has 20 heavy (non-hydrogen) atoms. The SMILES string of the molecule is CC1(C)OC2(C)[C@H]3C[C@H]4O[C@]2(CC1Br)O[C@@]4(C)C[C@@H]3O. The summed E-state index contributed by atoms with van der Waals surface area (Å²) in [5.41, 5.74) is -1.28. The van der Waals surface area contributed by atoms with Gasteiger partial charge in [0.15, 0.2) is 5.79 Å². The van der Waals surface area contributed by atoms with Gasteiger partial charge in [-0.15, -0.1) is 0 Å². The zero-order valence-corrected chi connectivity index (χ0v) is 14.1. The van der Waals surface area contributed by atoms with Crippen molar-refractivity contribution in [1.82, 2.24) is 0 Å². The minimum Gasteiger partial charge on any atom is -0.393 e. The quantitative estimate of drug-likeness (QED) is 0.684. The van der Waals surface area contributed by atoms with Crippen LogP contribution < -0.4 is 0 Å². The summed E-state index contributed by atoms with van der Waals surface area (Å²) in [6, 6.07) is 0. The van der Waals surface area contributed by atoms with Crippen molar-refractivity contribution < 1.29 is 19.3 Å². The highest BCUT2D eigenvalue weighted by atomic mass is 79.9. The molecule has 5 heteroatoms. The largest absolute Gasteiger partial charge is 0.393 e. The Hall–Kier alpha value is 0.320. The maximum atomic E-state index is 10.6. The maximum Gasteiger partial charge on any atom is 0.199 e. The van der Waals surface area contributed by atoms with Crippen LogP contribution in [0.4, 0.5) is 0 Å². The lowest BCUT2D eigenvalue weighted by Crippen LogP contribution is -2.71. The number of aliphatic hydroxyl groups excluding tert-OH is 1. The summed E-state index contributed by atoms with van der Waals surface area (Å²) in [6.07, 6.45) is 1.91. The molecule has 3 heterocycles. The van der Waals surface area contributed by atoms with E-state index in [1.165, 1.54) is 0 Å². The summed E-state index contributed by atoms with van der Waals surface area (Å²) in [7, 11) is 0. The average molecular weight is 347 g/mol. The molecule has 1 N–H and O–H groups in total. The molecular formula is C15H23BrO4. The summed E-state index contributed by atoms with van der Waals surface area (Å²) >= 11 is 3.74. The summed E-state index contributed by atoms with van der Waals surface area (Å²) in [5, 5.41) is 10.6. The van der Waals surface area contributed by atoms with Gasteiger partial charge in [-0.2, -0.15) is 0 Å². The molecule has 4 nitrogen and oxygen atoms in total. The van der Waals surface area contributed by atoms with Crippen molar-refractivity contribution in [2.45, 2.75) is 86.6 Å². The van der Waals surface area contributed by atoms with Crippen LogP contribution in [-0.2, 0) is 14.2 Å². The molecule has 1 saturated carbocycles. The van der Waals surface area contributed by atoms with Gasteiger partial charge in [-0.05, 0) is 34.1 Å². The van der Waals surface area contributed by atoms with Crippen LogP contribution in [0.3, 0.4) is 0 Å². The van der Waals surface area contributed by atoms with Gasteiger partial charge in [-0.1, -0.05) is 15.9 Å². The van der Waals surface area contributed by atoms with Gasteiger partial charge in [-0.25, -0.2) is 0 Å². The van der Waals surface area contributed by atoms with Crippen molar-refractivity contribution in [3.8, 4) is 0 Å². The van der Waals surface area contributed by atoms with Crippen molar-refractivity contribution >= 4 is 15.9 Å². The van der Waals surface area contributed by atoms with E-state index in [9.17, 15) is 5.11 Å². The third-order valence-corrected chi connectivity index (χ3v) is 7.53. The second-order valence-electron chi connectivity index (χ2n) is 7.87. The Bertz CT molecular complexity index is 469. The van der Waals surface area contributed by atoms with E-state index in [1.807, 2.05) is 0 Å². The highest BCUT2D eigenvalue weighted by Gasteiger charge is 2.76. The van der Waals surface area contributed by atoms with Crippen molar-refractivity contribution in [1.29, 1.82) is 0 Å². The Labute approximate surface area is 128 Å². The van der Waals surface area contributed by atoms with Crippen LogP contribution in [0, 0.1) is 5.92 Å². The molecule has 1 aliphatic carbocycles. The first-order chi connectivity index (χ1) is 9.12. The Kier molecular flexibility index (Phi) is 2.52. The fourth-order valence-corrected chi connectivity index (χ4v) is 5.39. The number of rotatable bonds is 0. The van der Waals surface area contributed by atoms with E-state index in [4.69, 9.17) is 14.2 Å². The van der Waals surface area contributed by atoms with E-state index in [1.54, 1.807) is 0 Å². The average Bonchev–Trinajstić information content (AvgIpc) is 2.51. The predicted octanol–water partition coefficient (Wildman–Crippen LogP) is 2.36. The van der Waals surface area contributed by atoms with Gasteiger partial charge in [0.05, 0.1) is 23.4 Å². The third-order valence-electron chi connectivity index (χ3n) is 6.10. The lowest BCUT2D eigenvalue weighted by atomic mass is 9.64. The fourth-order valence-electron chi connectivity index (χ4n) is 4.87. The minimum atomic E-state index is -0.726. The molecule has 1 spiro atoms. The van der Waals surface area contributed by atoms with E-state index >= 15 is 0 Å². The van der Waals surface area contributed by atoms with Crippen LogP contribution >= 0.6 is 15.9 Å². The van der Waals surface area contributed by atoms with Gasteiger partial charge in [0.1, 0.15) is 5.60 Å². The number of ether oxygens (including phenoxy) is 3. The number of halogens is 1. The van der Waals surface area contributed by atoms with Crippen molar-refractivity contribution in [2.75, 3.05) is 0 Å². The Morgan fingerprint density at radius 1 is 1.10 bits per heavy atom. The minimum absolute atomic E-state index is 0.0773. The molecule has 0 aromatic carbocycles. The van der Waals surface area contributed by atoms with Crippen LogP contribution in [0.5, 0.6) is 0 Å². The van der Waals surface area contributed by atoms with Crippen LogP contribution in [0.1, 0.15) is 47.0 Å². The smallest absolute Gasteiger partial charge is 0.199 e. The van der Waals surface area contributed by atoms with E-state index < -0.39 is 11.4 Å². The molecule has 7 atom stereocenters. The maximum absolute atomic E-state index is 10.6. The molecule has 0 amide bonds. The highest BCUT2D eigenvalue weighted by Crippen LogP contribution is 2.65. The third kappa shape index (κ3) is 1.42. The van der Waals surface area contributed by atoms with Gasteiger partial charge >= 0.3 is 0 Å². The zero-order valence-electron chi connectivity index (χ0n) is 12.5. The van der Waals surface area contributed by atoms with E-state index in [0.717, 1.165) is 12.8 Å². The topological polar surface area (TPSA) is 47.9 Å². The molecule has 3 bridgehead atoms. The van der Waals surface area contributed by atoms with Crippen molar-refractivity contribution in [2.24, 2.45) is 5.92 Å². The monoisotopic (exact) mass is 346 g/mol. The molecule has 4 fully saturated rings. The molecule has 0 aromatic rings. The first kappa shape index (κ1) is 13.9. The normalized spacial score (nSPS) is 63.3. The summed E-state index contributed by atoms with van der Waals surface area (Å²) in [5.74, 6) is -0.646. The van der Waals surface area contributed by atoms with Gasteiger partial charge in [0.2, 0.25) is 0 Å². The molecular weight excluding hydrogens is 324 g/mol. The predicted molar refractivity (Wildman–Crippen MR) is 76.7 cm³/mol. The van der Waals surface area contributed by atoms with Gasteiger partial charge in [0.25, 0.3) is 0 Å². The number of fused-ring (bicyclic) bond motifs is 2. The molecule has 0 aromatic heterocycles. The van der Waals surface area contributed by atoms with Crippen molar-refractivity contribution in [3.05, 3.63) is 0 Å². The van der Waals surface area contributed by atoms with Crippen LogP contribution in [0.25, 0.3) is 0 Å². The van der Waals surface area contributed by atoms with Crippen LogP contribution in [-0.4, -0.2) is 44.7 Å². The second kappa shape index (κ2) is 3.62. The van der Waals surface area contributed by atoms with Gasteiger partial charge in [-0.3, -0.25) is 0 Å².